The normalized spacial score (nSPS) is 17.7. The van der Waals surface area contributed by atoms with Crippen LogP contribution in [0.2, 0.25) is 0 Å². The minimum absolute atomic E-state index is 0. The fraction of sp³-hybridized carbons (Fsp3) is 1.00. The molecule has 0 aromatic carbocycles. The van der Waals surface area contributed by atoms with Crippen LogP contribution in [0.4, 0.5) is 13.2 Å². The maximum absolute atomic E-state index is 10.7. The molecule has 1 N–H and O–H groups in total. The van der Waals surface area contributed by atoms with Crippen molar-refractivity contribution in [3.05, 3.63) is 0 Å². The van der Waals surface area contributed by atoms with Crippen molar-refractivity contribution in [2.24, 2.45) is 0 Å². The van der Waals surface area contributed by atoms with Gasteiger partial charge in [-0.1, -0.05) is 13.3 Å². The van der Waals surface area contributed by atoms with E-state index in [0.717, 1.165) is 0 Å². The van der Waals surface area contributed by atoms with Crippen LogP contribution >= 0.6 is 0 Å². The van der Waals surface area contributed by atoms with E-state index in [-0.39, 0.29) is 18.9 Å². The average molecular weight is 271 g/mol. The third-order valence-corrected chi connectivity index (χ3v) is 2.77. The van der Waals surface area contributed by atoms with Gasteiger partial charge in [0.15, 0.2) is 0 Å². The van der Waals surface area contributed by atoms with Crippen LogP contribution in [0.25, 0.3) is 0 Å². The Hall–Kier alpha value is 0.257. The van der Waals surface area contributed by atoms with Crippen LogP contribution in [0.15, 0.2) is 0 Å². The summed E-state index contributed by atoms with van der Waals surface area (Å²) in [5, 5.41) is 0. The molecule has 0 aromatic heterocycles. The fourth-order valence-electron chi connectivity index (χ4n) is 1.28. The molecule has 1 rings (SSSR count). The molecule has 0 bridgehead atoms. The van der Waals surface area contributed by atoms with E-state index in [1.165, 1.54) is 38.9 Å². The number of halogens is 3. The summed E-state index contributed by atoms with van der Waals surface area (Å²) in [6, 6.07) is 0. The Balaban J connectivity index is 0. The summed E-state index contributed by atoms with van der Waals surface area (Å²) in [5.41, 5.74) is -5.53. The van der Waals surface area contributed by atoms with Gasteiger partial charge in [0.25, 0.3) is 0 Å². The molecule has 1 fully saturated rings. The predicted octanol–water partition coefficient (Wildman–Crippen LogP) is 1.24. The topological polar surface area (TPSA) is 57.6 Å². The van der Waals surface area contributed by atoms with Crippen molar-refractivity contribution in [1.29, 1.82) is 0 Å². The fourth-order valence-corrected chi connectivity index (χ4v) is 1.28. The molecule has 0 radical (unpaired) electrons. The Morgan fingerprint density at radius 2 is 1.53 bits per heavy atom. The predicted molar refractivity (Wildman–Crippen MR) is 60.7 cm³/mol. The van der Waals surface area contributed by atoms with Gasteiger partial charge in [-0.3, -0.25) is 4.55 Å². The first-order valence-corrected chi connectivity index (χ1v) is 6.38. The van der Waals surface area contributed by atoms with Crippen molar-refractivity contribution in [1.82, 2.24) is 4.90 Å². The van der Waals surface area contributed by atoms with Crippen molar-refractivity contribution in [2.45, 2.75) is 31.7 Å². The summed E-state index contributed by atoms with van der Waals surface area (Å²) < 4.78 is 57.5. The van der Waals surface area contributed by atoms with E-state index in [1.807, 2.05) is 0 Å². The monoisotopic (exact) mass is 271 g/mol. The van der Waals surface area contributed by atoms with Gasteiger partial charge in [-0.25, -0.2) is 0 Å². The van der Waals surface area contributed by atoms with Gasteiger partial charge in [0.2, 0.25) is 0 Å². The number of likely N-dealkylation sites (tertiary alicyclic amines) is 1. The first-order chi connectivity index (χ1) is 7.18. The second kappa shape index (κ2) is 8.38. The van der Waals surface area contributed by atoms with Crippen molar-refractivity contribution in [3.8, 4) is 0 Å². The van der Waals surface area contributed by atoms with Gasteiger partial charge in [-0.15, -0.1) is 0 Å². The number of alkyl halides is 3. The molecule has 1 heterocycles. The molecule has 100 valence electrons. The van der Waals surface area contributed by atoms with Crippen molar-refractivity contribution >= 4 is 29.0 Å². The zero-order valence-electron chi connectivity index (χ0n) is 9.00. The molecule has 1 aliphatic heterocycles. The van der Waals surface area contributed by atoms with Crippen LogP contribution in [-0.2, 0) is 10.1 Å². The van der Waals surface area contributed by atoms with E-state index in [9.17, 15) is 13.2 Å². The Bertz CT molecular complexity index is 289. The summed E-state index contributed by atoms with van der Waals surface area (Å²) in [6.07, 6.45) is 4.30. The first kappa shape index (κ1) is 19.6. The molecule has 1 saturated heterocycles. The van der Waals surface area contributed by atoms with E-state index in [0.29, 0.717) is 0 Å². The number of piperidine rings is 1. The molecule has 1 aliphatic rings. The molecular formula is C8H17F3LiNO3S. The van der Waals surface area contributed by atoms with Gasteiger partial charge >= 0.3 is 34.5 Å². The molecule has 0 amide bonds. The average Bonchev–Trinajstić information content (AvgIpc) is 2.17. The quantitative estimate of drug-likeness (QED) is 0.443. The van der Waals surface area contributed by atoms with Crippen LogP contribution in [-0.4, -0.2) is 61.9 Å². The van der Waals surface area contributed by atoms with Crippen LogP contribution in [0.1, 0.15) is 26.2 Å². The third kappa shape index (κ3) is 8.91. The Kier molecular flexibility index (Phi) is 9.65. The number of hydrogen-bond donors (Lipinski definition) is 1. The van der Waals surface area contributed by atoms with E-state index >= 15 is 0 Å². The summed E-state index contributed by atoms with van der Waals surface area (Å²) in [7, 11) is -5.84. The second-order valence-corrected chi connectivity index (χ2v) is 4.83. The van der Waals surface area contributed by atoms with Gasteiger partial charge in [-0.05, 0) is 32.5 Å². The molecule has 0 unspecified atom stereocenters. The van der Waals surface area contributed by atoms with Gasteiger partial charge < -0.3 is 4.90 Å². The van der Waals surface area contributed by atoms with E-state index in [1.54, 1.807) is 0 Å². The Labute approximate surface area is 111 Å². The Morgan fingerprint density at radius 1 is 1.18 bits per heavy atom. The van der Waals surface area contributed by atoms with E-state index < -0.39 is 15.6 Å². The van der Waals surface area contributed by atoms with E-state index in [2.05, 4.69) is 11.8 Å². The van der Waals surface area contributed by atoms with Crippen LogP contribution in [0.3, 0.4) is 0 Å². The van der Waals surface area contributed by atoms with Gasteiger partial charge in [0.1, 0.15) is 0 Å². The summed E-state index contributed by atoms with van der Waals surface area (Å²) in [6.45, 7) is 6.18. The summed E-state index contributed by atoms with van der Waals surface area (Å²) in [5.74, 6) is 0. The molecule has 9 heteroatoms. The zero-order chi connectivity index (χ0) is 12.8. The molecule has 0 atom stereocenters. The standard InChI is InChI=1S/C7H15N.CHF3O3S.Li.H/c1-2-8-6-4-3-5-7-8;2-1(3,4)8(5,6)7;;/h2-7H2,1H3;(H,5,6,7);;. The second-order valence-electron chi connectivity index (χ2n) is 3.42. The van der Waals surface area contributed by atoms with Gasteiger partial charge in [-0.2, -0.15) is 21.6 Å². The zero-order valence-corrected chi connectivity index (χ0v) is 9.81. The first-order valence-electron chi connectivity index (χ1n) is 4.94. The van der Waals surface area contributed by atoms with Gasteiger partial charge in [0.05, 0.1) is 0 Å². The molecular weight excluding hydrogens is 254 g/mol. The van der Waals surface area contributed by atoms with Crippen LogP contribution < -0.4 is 0 Å². The SMILES string of the molecule is CCN1CCCCC1.O=S(=O)(O)C(F)(F)F.[LiH]. The molecule has 0 aromatic rings. The van der Waals surface area contributed by atoms with Crippen molar-refractivity contribution in [2.75, 3.05) is 19.6 Å². The minimum atomic E-state index is -5.84. The van der Waals surface area contributed by atoms with Crippen molar-refractivity contribution in [3.63, 3.8) is 0 Å². The summed E-state index contributed by atoms with van der Waals surface area (Å²) >= 11 is 0. The van der Waals surface area contributed by atoms with E-state index in [4.69, 9.17) is 13.0 Å². The Morgan fingerprint density at radius 3 is 1.71 bits per heavy atom. The molecule has 17 heavy (non-hydrogen) atoms. The maximum atomic E-state index is 10.7. The molecule has 0 saturated carbocycles. The number of hydrogen-bond acceptors (Lipinski definition) is 3. The number of nitrogens with zero attached hydrogens (tertiary/aromatic N) is 1. The van der Waals surface area contributed by atoms with Gasteiger partial charge in [0, 0.05) is 0 Å². The number of rotatable bonds is 1. The van der Waals surface area contributed by atoms with Crippen molar-refractivity contribution < 1.29 is 26.1 Å². The molecule has 4 nitrogen and oxygen atoms in total. The molecule has 0 aliphatic carbocycles. The van der Waals surface area contributed by atoms with Crippen LogP contribution in [0.5, 0.6) is 0 Å². The summed E-state index contributed by atoms with van der Waals surface area (Å²) in [4.78, 5) is 2.52. The third-order valence-electron chi connectivity index (χ3n) is 2.19. The molecule has 0 spiro atoms. The van der Waals surface area contributed by atoms with Crippen LogP contribution in [0, 0.1) is 0 Å².